The zero-order valence-electron chi connectivity index (χ0n) is 13.4. The maximum Gasteiger partial charge on any atom is 0.422 e. The fourth-order valence-corrected chi connectivity index (χ4v) is 4.33. The van der Waals surface area contributed by atoms with Gasteiger partial charge in [0.15, 0.2) is 6.10 Å². The first-order valence-electron chi connectivity index (χ1n) is 8.49. The minimum Gasteiger partial charge on any atom is -0.473 e. The van der Waals surface area contributed by atoms with Gasteiger partial charge < -0.3 is 18.9 Å². The molecule has 3 saturated heterocycles. The van der Waals surface area contributed by atoms with Crippen molar-refractivity contribution in [3.63, 3.8) is 0 Å². The van der Waals surface area contributed by atoms with Crippen molar-refractivity contribution >= 4 is 23.7 Å². The van der Waals surface area contributed by atoms with Crippen LogP contribution in [0.2, 0.25) is 0 Å². The number of carbonyl (C=O) groups is 2. The summed E-state index contributed by atoms with van der Waals surface area (Å²) < 4.78 is 30.6. The Morgan fingerprint density at radius 1 is 1.16 bits per heavy atom. The Morgan fingerprint density at radius 3 is 2.64 bits per heavy atom. The van der Waals surface area contributed by atoms with Gasteiger partial charge in [0.05, 0.1) is 18.3 Å². The zero-order chi connectivity index (χ0) is 17.0. The van der Waals surface area contributed by atoms with E-state index in [1.165, 1.54) is 19.3 Å². The van der Waals surface area contributed by atoms with Crippen LogP contribution in [-0.4, -0.2) is 57.3 Å². The monoisotopic (exact) mass is 367 g/mol. The number of ether oxygens (including phenoxy) is 4. The van der Waals surface area contributed by atoms with Crippen molar-refractivity contribution in [1.29, 1.82) is 0 Å². The van der Waals surface area contributed by atoms with Gasteiger partial charge in [-0.2, -0.15) is 0 Å². The number of piperidine rings is 1. The second kappa shape index (κ2) is 5.53. The summed E-state index contributed by atoms with van der Waals surface area (Å²) in [6.07, 6.45) is 3.82. The Labute approximate surface area is 147 Å². The predicted molar refractivity (Wildman–Crippen MR) is 81.8 cm³/mol. The van der Waals surface area contributed by atoms with E-state index in [4.69, 9.17) is 18.9 Å². The van der Waals surface area contributed by atoms with Crippen LogP contribution in [0, 0.1) is 11.8 Å². The fraction of sp³-hybridized carbons (Fsp3) is 0.733. The average molecular weight is 367 g/mol. The fourth-order valence-electron chi connectivity index (χ4n) is 3.89. The Bertz CT molecular complexity index is 704. The van der Waals surface area contributed by atoms with Crippen LogP contribution in [0.4, 0.5) is 0 Å². The van der Waals surface area contributed by atoms with Crippen molar-refractivity contribution in [2.24, 2.45) is 11.8 Å². The van der Waals surface area contributed by atoms with E-state index in [0.717, 1.165) is 18.1 Å². The van der Waals surface area contributed by atoms with Crippen molar-refractivity contribution in [3.8, 4) is 11.8 Å². The number of carbonyl (C=O) groups excluding carboxylic acids is 2. The van der Waals surface area contributed by atoms with Crippen LogP contribution in [-0.2, 0) is 19.1 Å². The van der Waals surface area contributed by atoms with Gasteiger partial charge in [0, 0.05) is 19.0 Å². The molecule has 25 heavy (non-hydrogen) atoms. The number of aromatic nitrogens is 2. The molecule has 1 aromatic rings. The van der Waals surface area contributed by atoms with E-state index in [1.807, 2.05) is 4.90 Å². The summed E-state index contributed by atoms with van der Waals surface area (Å²) in [5.74, 6) is -2.20. The van der Waals surface area contributed by atoms with Gasteiger partial charge in [-0.15, -0.1) is 8.75 Å². The van der Waals surface area contributed by atoms with E-state index in [-0.39, 0.29) is 11.8 Å². The van der Waals surface area contributed by atoms with Crippen LogP contribution < -0.4 is 9.47 Å². The van der Waals surface area contributed by atoms with E-state index in [0.29, 0.717) is 31.5 Å². The van der Waals surface area contributed by atoms with Gasteiger partial charge in [0.25, 0.3) is 11.8 Å². The van der Waals surface area contributed by atoms with Gasteiger partial charge in [-0.1, -0.05) is 6.42 Å². The Balaban J connectivity index is 1.35. The van der Waals surface area contributed by atoms with Crippen LogP contribution in [0.3, 0.4) is 0 Å². The van der Waals surface area contributed by atoms with Crippen LogP contribution in [0.5, 0.6) is 11.8 Å². The maximum absolute atomic E-state index is 11.6. The lowest BCUT2D eigenvalue weighted by Crippen LogP contribution is -2.57. The van der Waals surface area contributed by atoms with Crippen molar-refractivity contribution < 1.29 is 28.5 Å². The Morgan fingerprint density at radius 2 is 1.92 bits per heavy atom. The third-order valence-corrected chi connectivity index (χ3v) is 5.94. The molecule has 3 aliphatic heterocycles. The summed E-state index contributed by atoms with van der Waals surface area (Å²) in [5, 5.41) is 0. The third-order valence-electron chi connectivity index (χ3n) is 5.45. The second-order valence-corrected chi connectivity index (χ2v) is 7.45. The molecule has 1 aliphatic carbocycles. The van der Waals surface area contributed by atoms with Crippen LogP contribution in [0.25, 0.3) is 0 Å². The molecule has 0 amide bonds. The van der Waals surface area contributed by atoms with Gasteiger partial charge in [-0.25, -0.2) is 14.5 Å². The minimum atomic E-state index is -1.48. The maximum atomic E-state index is 11.6. The molecule has 0 N–H and O–H groups in total. The van der Waals surface area contributed by atoms with Crippen molar-refractivity contribution in [1.82, 2.24) is 13.6 Å². The molecule has 10 heteroatoms. The predicted octanol–water partition coefficient (Wildman–Crippen LogP) is 0.554. The summed E-state index contributed by atoms with van der Waals surface area (Å²) in [7, 11) is 0. The normalized spacial score (nSPS) is 32.6. The van der Waals surface area contributed by atoms with Gasteiger partial charge in [0.2, 0.25) is 0 Å². The molecule has 1 aromatic heterocycles. The first kappa shape index (κ1) is 15.3. The quantitative estimate of drug-likeness (QED) is 0.545. The SMILES string of the molecule is O=C1OC2(OC1=O)C(Oc1nsnc1OCC1CCC1)C1CCN2C1. The topological polar surface area (TPSA) is 100 Å². The molecule has 1 spiro atoms. The molecule has 9 nitrogen and oxygen atoms in total. The summed E-state index contributed by atoms with van der Waals surface area (Å²) in [5.41, 5.74) is 0. The Kier molecular flexibility index (Phi) is 3.39. The summed E-state index contributed by atoms with van der Waals surface area (Å²) in [6.45, 7) is 1.92. The van der Waals surface area contributed by atoms with Gasteiger partial charge >= 0.3 is 17.8 Å². The average Bonchev–Trinajstić information content (AvgIpc) is 3.28. The van der Waals surface area contributed by atoms with Crippen LogP contribution in [0.15, 0.2) is 0 Å². The molecule has 134 valence electrons. The highest BCUT2D eigenvalue weighted by atomic mass is 32.1. The third kappa shape index (κ3) is 2.30. The standard InChI is InChI=1S/C15H17N3O6S/c19-13-14(20)24-15(23-13)10(9-4-5-18(15)6-9)22-12-11(16-25-17-12)21-7-8-2-1-3-8/h8-10H,1-7H2. The lowest BCUT2D eigenvalue weighted by Gasteiger charge is -2.36. The first-order valence-corrected chi connectivity index (χ1v) is 9.22. The number of hydrogen-bond donors (Lipinski definition) is 0. The smallest absolute Gasteiger partial charge is 0.422 e. The Hall–Kier alpha value is -1.94. The second-order valence-electron chi connectivity index (χ2n) is 6.93. The lowest BCUT2D eigenvalue weighted by atomic mass is 9.86. The summed E-state index contributed by atoms with van der Waals surface area (Å²) in [4.78, 5) is 25.1. The van der Waals surface area contributed by atoms with Crippen LogP contribution in [0.1, 0.15) is 25.7 Å². The molecule has 1 saturated carbocycles. The lowest BCUT2D eigenvalue weighted by molar-refractivity contribution is -0.273. The number of rotatable bonds is 5. The van der Waals surface area contributed by atoms with Gasteiger partial charge in [0.1, 0.15) is 0 Å². The number of fused-ring (bicyclic) bond motifs is 3. The van der Waals surface area contributed by atoms with Gasteiger partial charge in [-0.05, 0) is 25.2 Å². The summed E-state index contributed by atoms with van der Waals surface area (Å²) >= 11 is 1.000. The molecule has 5 rings (SSSR count). The van der Waals surface area contributed by atoms with Crippen molar-refractivity contribution in [2.75, 3.05) is 19.7 Å². The van der Waals surface area contributed by atoms with Crippen molar-refractivity contribution in [3.05, 3.63) is 0 Å². The highest BCUT2D eigenvalue weighted by Crippen LogP contribution is 2.47. The molecule has 4 fully saturated rings. The molecular formula is C15H17N3O6S. The van der Waals surface area contributed by atoms with Crippen molar-refractivity contribution in [2.45, 2.75) is 37.7 Å². The minimum absolute atomic E-state index is 0.0832. The molecule has 0 aromatic carbocycles. The van der Waals surface area contributed by atoms with Crippen LogP contribution >= 0.6 is 11.7 Å². The zero-order valence-corrected chi connectivity index (χ0v) is 14.2. The van der Waals surface area contributed by atoms with E-state index < -0.39 is 24.0 Å². The molecule has 4 aliphatic rings. The van der Waals surface area contributed by atoms with E-state index in [1.54, 1.807) is 0 Å². The number of esters is 2. The van der Waals surface area contributed by atoms with E-state index in [2.05, 4.69) is 8.75 Å². The molecular weight excluding hydrogens is 350 g/mol. The summed E-state index contributed by atoms with van der Waals surface area (Å²) in [6, 6.07) is 0. The van der Waals surface area contributed by atoms with Gasteiger partial charge in [-0.3, -0.25) is 0 Å². The molecule has 3 unspecified atom stereocenters. The number of nitrogens with zero attached hydrogens (tertiary/aromatic N) is 3. The molecule has 4 heterocycles. The molecule has 2 bridgehead atoms. The molecule has 0 radical (unpaired) electrons. The van der Waals surface area contributed by atoms with E-state index >= 15 is 0 Å². The molecule has 3 atom stereocenters. The highest BCUT2D eigenvalue weighted by molar-refractivity contribution is 6.99. The van der Waals surface area contributed by atoms with E-state index in [9.17, 15) is 9.59 Å². The number of hydrogen-bond acceptors (Lipinski definition) is 10. The largest absolute Gasteiger partial charge is 0.473 e. The highest BCUT2D eigenvalue weighted by Gasteiger charge is 2.69. The first-order chi connectivity index (χ1) is 12.2.